The summed E-state index contributed by atoms with van der Waals surface area (Å²) in [6, 6.07) is 11.2. The highest BCUT2D eigenvalue weighted by Gasteiger charge is 2.37. The van der Waals surface area contributed by atoms with E-state index in [0.717, 1.165) is 17.5 Å². The fourth-order valence-corrected chi connectivity index (χ4v) is 3.98. The predicted octanol–water partition coefficient (Wildman–Crippen LogP) is 6.44. The summed E-state index contributed by atoms with van der Waals surface area (Å²) in [6.07, 6.45) is 5.43. The Morgan fingerprint density at radius 3 is 2.58 bits per heavy atom. The second-order valence-corrected chi connectivity index (χ2v) is 7.33. The van der Waals surface area contributed by atoms with Crippen LogP contribution in [0, 0.1) is 11.2 Å². The zero-order valence-electron chi connectivity index (χ0n) is 14.7. The van der Waals surface area contributed by atoms with Gasteiger partial charge in [-0.2, -0.15) is 0 Å². The quantitative estimate of drug-likeness (QED) is 0.629. The van der Waals surface area contributed by atoms with Crippen molar-refractivity contribution < 1.29 is 9.13 Å². The molecule has 0 radical (unpaired) electrons. The first kappa shape index (κ1) is 16.8. The smallest absolute Gasteiger partial charge is 0.131 e. The zero-order valence-corrected chi connectivity index (χ0v) is 14.7. The van der Waals surface area contributed by atoms with Crippen LogP contribution in [0.25, 0.3) is 17.2 Å². The minimum absolute atomic E-state index is 0.209. The van der Waals surface area contributed by atoms with Crippen LogP contribution in [0.4, 0.5) is 4.39 Å². The summed E-state index contributed by atoms with van der Waals surface area (Å²) in [7, 11) is 1.61. The van der Waals surface area contributed by atoms with E-state index in [2.05, 4.69) is 26.5 Å². The summed E-state index contributed by atoms with van der Waals surface area (Å²) in [6.45, 7) is 8.52. The first-order valence-corrected chi connectivity index (χ1v) is 8.56. The molecule has 0 saturated heterocycles. The van der Waals surface area contributed by atoms with Crippen LogP contribution < -0.4 is 4.74 Å². The second-order valence-electron chi connectivity index (χ2n) is 7.33. The molecule has 126 valence electrons. The van der Waals surface area contributed by atoms with Gasteiger partial charge in [0.25, 0.3) is 0 Å². The van der Waals surface area contributed by atoms with Crippen LogP contribution in [0.2, 0.25) is 0 Å². The third-order valence-corrected chi connectivity index (χ3v) is 5.41. The molecule has 2 heteroatoms. The third-order valence-electron chi connectivity index (χ3n) is 5.41. The number of rotatable bonds is 4. The summed E-state index contributed by atoms with van der Waals surface area (Å²) in [5, 5.41) is 0. The van der Waals surface area contributed by atoms with Crippen molar-refractivity contribution in [3.63, 3.8) is 0 Å². The molecule has 0 aromatic heterocycles. The average molecular weight is 324 g/mol. The van der Waals surface area contributed by atoms with Crippen molar-refractivity contribution in [2.45, 2.75) is 39.0 Å². The lowest BCUT2D eigenvalue weighted by molar-refractivity contribution is 0.333. The van der Waals surface area contributed by atoms with Gasteiger partial charge in [0.15, 0.2) is 0 Å². The van der Waals surface area contributed by atoms with E-state index in [1.165, 1.54) is 24.5 Å². The van der Waals surface area contributed by atoms with Crippen molar-refractivity contribution in [3.8, 4) is 16.9 Å². The van der Waals surface area contributed by atoms with E-state index < -0.39 is 0 Å². The molecule has 24 heavy (non-hydrogen) atoms. The Morgan fingerprint density at radius 2 is 1.96 bits per heavy atom. The van der Waals surface area contributed by atoms with Gasteiger partial charge in [-0.15, -0.1) is 0 Å². The maximum absolute atomic E-state index is 14.6. The van der Waals surface area contributed by atoms with Crippen LogP contribution in [0.3, 0.4) is 0 Å². The fourth-order valence-electron chi connectivity index (χ4n) is 3.98. The van der Waals surface area contributed by atoms with Crippen LogP contribution in [0.5, 0.6) is 5.75 Å². The van der Waals surface area contributed by atoms with E-state index in [9.17, 15) is 4.39 Å². The predicted molar refractivity (Wildman–Crippen MR) is 98.9 cm³/mol. The highest BCUT2D eigenvalue weighted by molar-refractivity contribution is 5.72. The molecule has 3 rings (SSSR count). The van der Waals surface area contributed by atoms with Gasteiger partial charge in [-0.25, -0.2) is 4.39 Å². The summed E-state index contributed by atoms with van der Waals surface area (Å²) < 4.78 is 19.9. The molecule has 0 spiro atoms. The van der Waals surface area contributed by atoms with Gasteiger partial charge in [0.05, 0.1) is 7.11 Å². The highest BCUT2D eigenvalue weighted by Crippen LogP contribution is 2.51. The molecular formula is C22H25FO. The van der Waals surface area contributed by atoms with E-state index >= 15 is 0 Å². The van der Waals surface area contributed by atoms with E-state index in [4.69, 9.17) is 4.74 Å². The summed E-state index contributed by atoms with van der Waals surface area (Å²) in [5.41, 5.74) is 4.12. The average Bonchev–Trinajstić information content (AvgIpc) is 2.94. The molecule has 1 nitrogen and oxygen atoms in total. The lowest BCUT2D eigenvalue weighted by Gasteiger charge is -2.29. The number of hydrogen-bond acceptors (Lipinski definition) is 1. The van der Waals surface area contributed by atoms with Crippen LogP contribution in [0.1, 0.15) is 50.2 Å². The molecule has 2 aromatic carbocycles. The third kappa shape index (κ3) is 2.98. The van der Waals surface area contributed by atoms with Gasteiger partial charge in [0.2, 0.25) is 0 Å². The van der Waals surface area contributed by atoms with Crippen LogP contribution >= 0.6 is 0 Å². The lowest BCUT2D eigenvalue weighted by Crippen LogP contribution is -2.16. The number of hydrogen-bond donors (Lipinski definition) is 0. The minimum Gasteiger partial charge on any atom is -0.497 e. The van der Waals surface area contributed by atoms with Crippen molar-refractivity contribution in [2.75, 3.05) is 7.11 Å². The molecule has 0 aliphatic heterocycles. The molecule has 0 heterocycles. The van der Waals surface area contributed by atoms with Gasteiger partial charge in [-0.1, -0.05) is 51.1 Å². The molecule has 1 fully saturated rings. The maximum Gasteiger partial charge on any atom is 0.131 e. The molecule has 0 amide bonds. The summed E-state index contributed by atoms with van der Waals surface area (Å²) in [5.74, 6) is 0.896. The highest BCUT2D eigenvalue weighted by atomic mass is 19.1. The Hall–Kier alpha value is -2.09. The van der Waals surface area contributed by atoms with Gasteiger partial charge in [-0.3, -0.25) is 0 Å². The molecule has 0 N–H and O–H groups in total. The molecule has 1 atom stereocenters. The van der Waals surface area contributed by atoms with Gasteiger partial charge in [0, 0.05) is 5.56 Å². The SMILES string of the molecule is C=Cc1ccc(-c2cc(OC)ccc2F)c([C@@H]2CCCC2(C)C)c1. The largest absolute Gasteiger partial charge is 0.497 e. The summed E-state index contributed by atoms with van der Waals surface area (Å²) >= 11 is 0. The minimum atomic E-state index is -0.209. The van der Waals surface area contributed by atoms with E-state index in [1.807, 2.05) is 18.2 Å². The number of methoxy groups -OCH3 is 1. The monoisotopic (exact) mass is 324 g/mol. The van der Waals surface area contributed by atoms with Gasteiger partial charge in [-0.05, 0) is 59.1 Å². The van der Waals surface area contributed by atoms with E-state index in [-0.39, 0.29) is 11.2 Å². The Morgan fingerprint density at radius 1 is 1.17 bits per heavy atom. The van der Waals surface area contributed by atoms with Gasteiger partial charge < -0.3 is 4.74 Å². The van der Waals surface area contributed by atoms with Crippen LogP contribution in [0.15, 0.2) is 43.0 Å². The number of benzene rings is 2. The Bertz CT molecular complexity index is 761. The van der Waals surface area contributed by atoms with Crippen molar-refractivity contribution in [1.29, 1.82) is 0 Å². The fraction of sp³-hybridized carbons (Fsp3) is 0.364. The Kier molecular flexibility index (Phi) is 4.49. The topological polar surface area (TPSA) is 9.23 Å². The summed E-state index contributed by atoms with van der Waals surface area (Å²) in [4.78, 5) is 0. The first-order chi connectivity index (χ1) is 11.5. The second kappa shape index (κ2) is 6.43. The molecule has 1 aliphatic carbocycles. The molecule has 2 aromatic rings. The van der Waals surface area contributed by atoms with Gasteiger partial charge in [0.1, 0.15) is 11.6 Å². The molecule has 1 saturated carbocycles. The van der Waals surface area contributed by atoms with E-state index in [0.29, 0.717) is 17.2 Å². The van der Waals surface area contributed by atoms with Crippen LogP contribution in [-0.4, -0.2) is 7.11 Å². The lowest BCUT2D eigenvalue weighted by atomic mass is 9.75. The molecule has 0 bridgehead atoms. The van der Waals surface area contributed by atoms with Crippen molar-refractivity contribution in [2.24, 2.45) is 5.41 Å². The van der Waals surface area contributed by atoms with E-state index in [1.54, 1.807) is 19.2 Å². The Labute approximate surface area is 144 Å². The maximum atomic E-state index is 14.6. The molecular weight excluding hydrogens is 299 g/mol. The normalized spacial score (nSPS) is 19.2. The standard InChI is InChI=1S/C22H25FO/c1-5-15-8-10-17(19-14-16(24-4)9-11-21(19)23)18(13-15)20-7-6-12-22(20,2)3/h5,8-11,13-14,20H,1,6-7,12H2,2-4H3/t20-/m0/s1. The van der Waals surface area contributed by atoms with Crippen molar-refractivity contribution >= 4 is 6.08 Å². The van der Waals surface area contributed by atoms with Crippen molar-refractivity contribution in [1.82, 2.24) is 0 Å². The molecule has 0 unspecified atom stereocenters. The Balaban J connectivity index is 2.20. The van der Waals surface area contributed by atoms with Crippen molar-refractivity contribution in [3.05, 3.63) is 59.9 Å². The number of halogens is 1. The van der Waals surface area contributed by atoms with Crippen LogP contribution in [-0.2, 0) is 0 Å². The first-order valence-electron chi connectivity index (χ1n) is 8.56. The van der Waals surface area contributed by atoms with Gasteiger partial charge >= 0.3 is 0 Å². The zero-order chi connectivity index (χ0) is 17.3. The number of ether oxygens (including phenoxy) is 1. The molecule has 1 aliphatic rings.